The Bertz CT molecular complexity index is 3810. The number of aromatic nitrogens is 1. The molecule has 0 bridgehead atoms. The quantitative estimate of drug-likeness (QED) is 0.158. The molecule has 0 saturated heterocycles. The highest BCUT2D eigenvalue weighted by atomic mass is 32.1. The fraction of sp³-hybridized carbons (Fsp3) is 0. The third-order valence-electron chi connectivity index (χ3n) is 12.1. The topological polar surface area (TPSA) is 4.93 Å². The fourth-order valence-electron chi connectivity index (χ4n) is 9.60. The first-order valence-corrected chi connectivity index (χ1v) is 21.1. The van der Waals surface area contributed by atoms with Gasteiger partial charge in [0.15, 0.2) is 0 Å². The van der Waals surface area contributed by atoms with E-state index in [2.05, 4.69) is 193 Å². The van der Waals surface area contributed by atoms with Crippen molar-refractivity contribution in [3.8, 4) is 27.9 Å². The zero-order valence-electron chi connectivity index (χ0n) is 30.7. The molecule has 3 heterocycles. The number of nitrogens with zero attached hydrogens (tertiary/aromatic N) is 1. The van der Waals surface area contributed by atoms with Crippen LogP contribution in [0.3, 0.4) is 0 Å². The molecule has 0 amide bonds. The predicted molar refractivity (Wildman–Crippen MR) is 250 cm³/mol. The minimum absolute atomic E-state index is 1.17. The molecular formula is C54H31NS2. The molecule has 0 aliphatic carbocycles. The first kappa shape index (κ1) is 31.4. The Morgan fingerprint density at radius 2 is 0.807 bits per heavy atom. The molecule has 0 aliphatic heterocycles. The van der Waals surface area contributed by atoms with Crippen LogP contribution in [0.25, 0.3) is 122 Å². The van der Waals surface area contributed by atoms with E-state index in [0.29, 0.717) is 0 Å². The van der Waals surface area contributed by atoms with Crippen LogP contribution in [0.15, 0.2) is 188 Å². The molecule has 0 aliphatic rings. The van der Waals surface area contributed by atoms with E-state index >= 15 is 0 Å². The summed E-state index contributed by atoms with van der Waals surface area (Å²) in [6, 6.07) is 70.4. The maximum Gasteiger partial charge on any atom is 0.0541 e. The highest BCUT2D eigenvalue weighted by molar-refractivity contribution is 7.26. The lowest BCUT2D eigenvalue weighted by Crippen LogP contribution is -1.94. The average Bonchev–Trinajstić information content (AvgIpc) is 3.93. The Balaban J connectivity index is 1.24. The van der Waals surface area contributed by atoms with E-state index in [0.717, 1.165) is 0 Å². The molecule has 10 aromatic carbocycles. The van der Waals surface area contributed by atoms with Gasteiger partial charge < -0.3 is 4.57 Å². The summed E-state index contributed by atoms with van der Waals surface area (Å²) in [5.74, 6) is 0. The molecule has 0 atom stereocenters. The number of benzene rings is 10. The van der Waals surface area contributed by atoms with Crippen molar-refractivity contribution >= 4 is 117 Å². The number of para-hydroxylation sites is 2. The van der Waals surface area contributed by atoms with E-state index in [9.17, 15) is 0 Å². The van der Waals surface area contributed by atoms with Crippen LogP contribution in [0.1, 0.15) is 0 Å². The first-order chi connectivity index (χ1) is 28.2. The molecule has 13 rings (SSSR count). The van der Waals surface area contributed by atoms with Crippen molar-refractivity contribution in [2.75, 3.05) is 0 Å². The van der Waals surface area contributed by atoms with E-state index in [1.807, 2.05) is 22.7 Å². The van der Waals surface area contributed by atoms with Gasteiger partial charge in [-0.05, 0) is 127 Å². The van der Waals surface area contributed by atoms with Gasteiger partial charge in [0.1, 0.15) is 0 Å². The van der Waals surface area contributed by atoms with Crippen LogP contribution < -0.4 is 0 Å². The van der Waals surface area contributed by atoms with Gasteiger partial charge in [-0.3, -0.25) is 0 Å². The first-order valence-electron chi connectivity index (χ1n) is 19.5. The minimum atomic E-state index is 1.17. The number of fused-ring (bicyclic) bond motifs is 13. The third kappa shape index (κ3) is 4.56. The van der Waals surface area contributed by atoms with Gasteiger partial charge in [-0.25, -0.2) is 0 Å². The molecule has 13 aromatic rings. The van der Waals surface area contributed by atoms with E-state index in [4.69, 9.17) is 0 Å². The monoisotopic (exact) mass is 757 g/mol. The summed E-state index contributed by atoms with van der Waals surface area (Å²) >= 11 is 3.80. The van der Waals surface area contributed by atoms with Crippen LogP contribution >= 0.6 is 22.7 Å². The molecule has 1 nitrogen and oxygen atoms in total. The van der Waals surface area contributed by atoms with Crippen LogP contribution in [0, 0.1) is 0 Å². The summed E-state index contributed by atoms with van der Waals surface area (Å²) in [5, 5.41) is 15.5. The molecule has 3 aromatic heterocycles. The van der Waals surface area contributed by atoms with Crippen molar-refractivity contribution in [1.82, 2.24) is 4.57 Å². The number of rotatable bonds is 3. The second kappa shape index (κ2) is 11.9. The van der Waals surface area contributed by atoms with Gasteiger partial charge in [0.25, 0.3) is 0 Å². The summed E-state index contributed by atoms with van der Waals surface area (Å²) in [6.45, 7) is 0. The lowest BCUT2D eigenvalue weighted by Gasteiger charge is -2.20. The number of hydrogen-bond acceptors (Lipinski definition) is 2. The Morgan fingerprint density at radius 1 is 0.281 bits per heavy atom. The van der Waals surface area contributed by atoms with Gasteiger partial charge in [0.2, 0.25) is 0 Å². The van der Waals surface area contributed by atoms with Crippen LogP contribution in [0.2, 0.25) is 0 Å². The summed E-state index contributed by atoms with van der Waals surface area (Å²) in [5.41, 5.74) is 8.62. The smallest absolute Gasteiger partial charge is 0.0541 e. The summed E-state index contributed by atoms with van der Waals surface area (Å²) in [7, 11) is 0. The van der Waals surface area contributed by atoms with Crippen molar-refractivity contribution in [3.05, 3.63) is 188 Å². The fourth-order valence-corrected chi connectivity index (χ4v) is 11.9. The van der Waals surface area contributed by atoms with Crippen molar-refractivity contribution in [2.45, 2.75) is 0 Å². The normalized spacial score (nSPS) is 12.2. The molecule has 0 fully saturated rings. The molecule has 0 saturated carbocycles. The number of thiophene rings is 2. The van der Waals surface area contributed by atoms with Gasteiger partial charge in [0, 0.05) is 56.8 Å². The van der Waals surface area contributed by atoms with E-state index in [1.165, 1.54) is 122 Å². The molecule has 57 heavy (non-hydrogen) atoms. The molecular weight excluding hydrogens is 727 g/mol. The van der Waals surface area contributed by atoms with Gasteiger partial charge in [0.05, 0.1) is 11.0 Å². The molecule has 264 valence electrons. The predicted octanol–water partition coefficient (Wildman–Crippen LogP) is 16.3. The summed E-state index contributed by atoms with van der Waals surface area (Å²) in [4.78, 5) is 0. The Hall–Kier alpha value is -6.78. The standard InChI is InChI=1S/C54H31NS2/c1-2-14-36(15-3-1)55-47-19-9-6-16-37(47)42-27-35(24-25-48(42)55)54-45-29-44-39-18-8-11-21-50(39)56-51(44)30-41(45)40-28-43-38-17-7-10-20-49(38)57-52(43)31-46(40)53(54)34-23-22-32-12-4-5-13-33(32)26-34/h1-31H. The van der Waals surface area contributed by atoms with Crippen molar-refractivity contribution in [2.24, 2.45) is 0 Å². The summed E-state index contributed by atoms with van der Waals surface area (Å²) in [6.07, 6.45) is 0. The van der Waals surface area contributed by atoms with Gasteiger partial charge in [-0.1, -0.05) is 115 Å². The molecule has 0 N–H and O–H groups in total. The third-order valence-corrected chi connectivity index (χ3v) is 14.4. The maximum atomic E-state index is 2.51. The molecule has 0 spiro atoms. The number of hydrogen-bond donors (Lipinski definition) is 0. The second-order valence-corrected chi connectivity index (χ2v) is 17.4. The van der Waals surface area contributed by atoms with E-state index in [-0.39, 0.29) is 0 Å². The molecule has 0 unspecified atom stereocenters. The Kier molecular flexibility index (Phi) is 6.54. The second-order valence-electron chi connectivity index (χ2n) is 15.2. The Morgan fingerprint density at radius 3 is 1.56 bits per heavy atom. The average molecular weight is 758 g/mol. The summed E-state index contributed by atoms with van der Waals surface area (Å²) < 4.78 is 7.71. The lowest BCUT2D eigenvalue weighted by atomic mass is 9.83. The van der Waals surface area contributed by atoms with Crippen LogP contribution in [0.4, 0.5) is 0 Å². The largest absolute Gasteiger partial charge is 0.309 e. The van der Waals surface area contributed by atoms with Crippen molar-refractivity contribution in [3.63, 3.8) is 0 Å². The van der Waals surface area contributed by atoms with Gasteiger partial charge >= 0.3 is 0 Å². The van der Waals surface area contributed by atoms with Crippen LogP contribution in [0.5, 0.6) is 0 Å². The van der Waals surface area contributed by atoms with E-state index < -0.39 is 0 Å². The van der Waals surface area contributed by atoms with Crippen molar-refractivity contribution < 1.29 is 0 Å². The SMILES string of the molecule is c1ccc(-n2c3ccccc3c3cc(-c4c(-c5ccc6ccccc6c5)c5cc6sc7ccccc7c6cc5c5cc6sc7ccccc7c6cc45)ccc32)cc1. The molecule has 0 radical (unpaired) electrons. The van der Waals surface area contributed by atoms with Crippen LogP contribution in [-0.2, 0) is 0 Å². The zero-order valence-corrected chi connectivity index (χ0v) is 32.3. The van der Waals surface area contributed by atoms with Gasteiger partial charge in [-0.2, -0.15) is 0 Å². The van der Waals surface area contributed by atoms with Crippen LogP contribution in [-0.4, -0.2) is 4.57 Å². The highest BCUT2D eigenvalue weighted by Gasteiger charge is 2.23. The maximum absolute atomic E-state index is 2.51. The van der Waals surface area contributed by atoms with Crippen molar-refractivity contribution in [1.29, 1.82) is 0 Å². The van der Waals surface area contributed by atoms with Gasteiger partial charge in [-0.15, -0.1) is 22.7 Å². The van der Waals surface area contributed by atoms with E-state index in [1.54, 1.807) is 0 Å². The lowest BCUT2D eigenvalue weighted by molar-refractivity contribution is 1.18. The highest BCUT2D eigenvalue weighted by Crippen LogP contribution is 2.50. The Labute approximate surface area is 335 Å². The zero-order chi connectivity index (χ0) is 37.2. The molecule has 3 heteroatoms. The minimum Gasteiger partial charge on any atom is -0.309 e.